The van der Waals surface area contributed by atoms with Crippen LogP contribution in [-0.4, -0.2) is 41.5 Å². The predicted molar refractivity (Wildman–Crippen MR) is 98.6 cm³/mol. The van der Waals surface area contributed by atoms with E-state index in [1.165, 1.54) is 25.7 Å². The van der Waals surface area contributed by atoms with E-state index in [0.717, 1.165) is 42.2 Å². The molecule has 1 saturated carbocycles. The summed E-state index contributed by atoms with van der Waals surface area (Å²) in [5.41, 5.74) is 1.96. The summed E-state index contributed by atoms with van der Waals surface area (Å²) < 4.78 is 5.15. The first-order valence-electron chi connectivity index (χ1n) is 10.0. The fourth-order valence-electron chi connectivity index (χ4n) is 4.30. The van der Waals surface area contributed by atoms with Crippen molar-refractivity contribution in [2.45, 2.75) is 65.2 Å². The molecule has 1 atom stereocenters. The van der Waals surface area contributed by atoms with Gasteiger partial charge in [0.15, 0.2) is 0 Å². The lowest BCUT2D eigenvalue weighted by atomic mass is 10.0. The van der Waals surface area contributed by atoms with Crippen LogP contribution in [-0.2, 0) is 16.0 Å². The lowest BCUT2D eigenvalue weighted by Gasteiger charge is -2.17. The Morgan fingerprint density at radius 1 is 1.23 bits per heavy atom. The number of carbonyl (C=O) groups excluding carboxylic acids is 2. The van der Waals surface area contributed by atoms with Crippen LogP contribution in [0.4, 0.5) is 0 Å². The molecule has 1 unspecified atom stereocenters. The first kappa shape index (κ1) is 18.9. The monoisotopic (exact) mass is 361 g/mol. The van der Waals surface area contributed by atoms with Crippen molar-refractivity contribution in [2.75, 3.05) is 19.6 Å². The van der Waals surface area contributed by atoms with Gasteiger partial charge in [0.2, 0.25) is 11.8 Å². The summed E-state index contributed by atoms with van der Waals surface area (Å²) >= 11 is 0. The summed E-state index contributed by atoms with van der Waals surface area (Å²) in [5, 5.41) is 6.94. The molecule has 3 rings (SSSR count). The molecular weight excluding hydrogens is 330 g/mol. The maximum Gasteiger partial charge on any atom is 0.224 e. The van der Waals surface area contributed by atoms with E-state index in [-0.39, 0.29) is 17.7 Å². The topological polar surface area (TPSA) is 75.4 Å². The van der Waals surface area contributed by atoms with Crippen LogP contribution in [0.1, 0.15) is 62.0 Å². The summed E-state index contributed by atoms with van der Waals surface area (Å²) in [6.07, 6.45) is 8.36. The standard InChI is InChI=1S/C20H31N3O3/c1-14-18(15(2)26-22-14)9-11-21-20(25)17-10-12-23(13-17)19(24)8-7-16-5-3-4-6-16/h16-17H,3-13H2,1-2H3,(H,21,25). The quantitative estimate of drug-likeness (QED) is 0.810. The van der Waals surface area contributed by atoms with Crippen molar-refractivity contribution in [3.63, 3.8) is 0 Å². The Balaban J connectivity index is 1.37. The molecule has 1 aromatic heterocycles. The molecule has 6 nitrogen and oxygen atoms in total. The number of hydrogen-bond acceptors (Lipinski definition) is 4. The predicted octanol–water partition coefficient (Wildman–Crippen LogP) is 2.77. The van der Waals surface area contributed by atoms with Gasteiger partial charge in [-0.3, -0.25) is 9.59 Å². The van der Waals surface area contributed by atoms with Gasteiger partial charge in [-0.15, -0.1) is 0 Å². The lowest BCUT2D eigenvalue weighted by Crippen LogP contribution is -2.35. The lowest BCUT2D eigenvalue weighted by molar-refractivity contribution is -0.131. The van der Waals surface area contributed by atoms with Crippen LogP contribution in [0.15, 0.2) is 4.52 Å². The van der Waals surface area contributed by atoms with E-state index in [9.17, 15) is 9.59 Å². The zero-order valence-electron chi connectivity index (χ0n) is 16.1. The van der Waals surface area contributed by atoms with E-state index in [1.54, 1.807) is 0 Å². The minimum absolute atomic E-state index is 0.0582. The minimum atomic E-state index is -0.0740. The normalized spacial score (nSPS) is 20.7. The number of aromatic nitrogens is 1. The Labute approximate surface area is 155 Å². The van der Waals surface area contributed by atoms with E-state index in [4.69, 9.17) is 4.52 Å². The third-order valence-electron chi connectivity index (χ3n) is 6.01. The number of rotatable bonds is 7. The molecule has 2 amide bonds. The van der Waals surface area contributed by atoms with Gasteiger partial charge in [0.05, 0.1) is 11.6 Å². The van der Waals surface area contributed by atoms with Gasteiger partial charge in [-0.1, -0.05) is 30.8 Å². The highest BCUT2D eigenvalue weighted by Crippen LogP contribution is 2.29. The van der Waals surface area contributed by atoms with Gasteiger partial charge in [-0.2, -0.15) is 0 Å². The van der Waals surface area contributed by atoms with Gasteiger partial charge >= 0.3 is 0 Å². The highest BCUT2D eigenvalue weighted by Gasteiger charge is 2.31. The molecule has 26 heavy (non-hydrogen) atoms. The van der Waals surface area contributed by atoms with Crippen molar-refractivity contribution >= 4 is 11.8 Å². The first-order valence-corrected chi connectivity index (χ1v) is 10.0. The van der Waals surface area contributed by atoms with Gasteiger partial charge in [0.25, 0.3) is 0 Å². The molecule has 0 radical (unpaired) electrons. The molecule has 0 aromatic carbocycles. The van der Waals surface area contributed by atoms with Crippen LogP contribution in [0, 0.1) is 25.7 Å². The summed E-state index contributed by atoms with van der Waals surface area (Å²) in [6.45, 7) is 5.67. The van der Waals surface area contributed by atoms with Crippen molar-refractivity contribution in [2.24, 2.45) is 11.8 Å². The number of nitrogens with one attached hydrogen (secondary N) is 1. The summed E-state index contributed by atoms with van der Waals surface area (Å²) in [7, 11) is 0. The molecule has 2 aliphatic rings. The number of likely N-dealkylation sites (tertiary alicyclic amines) is 1. The van der Waals surface area contributed by atoms with Crippen LogP contribution in [0.3, 0.4) is 0 Å². The molecule has 1 N–H and O–H groups in total. The van der Waals surface area contributed by atoms with E-state index in [0.29, 0.717) is 26.1 Å². The Hall–Kier alpha value is -1.85. The smallest absolute Gasteiger partial charge is 0.224 e. The molecule has 1 aliphatic heterocycles. The second kappa shape index (κ2) is 8.69. The number of amides is 2. The fourth-order valence-corrected chi connectivity index (χ4v) is 4.30. The molecule has 6 heteroatoms. The average molecular weight is 361 g/mol. The van der Waals surface area contributed by atoms with Crippen LogP contribution in [0.5, 0.6) is 0 Å². The number of aryl methyl sites for hydroxylation is 2. The van der Waals surface area contributed by atoms with Crippen molar-refractivity contribution in [3.05, 3.63) is 17.0 Å². The third-order valence-corrected chi connectivity index (χ3v) is 6.01. The number of nitrogens with zero attached hydrogens (tertiary/aromatic N) is 2. The minimum Gasteiger partial charge on any atom is -0.361 e. The Morgan fingerprint density at radius 3 is 2.69 bits per heavy atom. The second-order valence-corrected chi connectivity index (χ2v) is 7.86. The SMILES string of the molecule is Cc1noc(C)c1CCNC(=O)C1CCN(C(=O)CCC2CCCC2)C1. The molecule has 1 aromatic rings. The van der Waals surface area contributed by atoms with Gasteiger partial charge < -0.3 is 14.7 Å². The van der Waals surface area contributed by atoms with Crippen LogP contribution < -0.4 is 5.32 Å². The molecule has 2 fully saturated rings. The van der Waals surface area contributed by atoms with Crippen molar-refractivity contribution in [1.29, 1.82) is 0 Å². The molecule has 0 spiro atoms. The van der Waals surface area contributed by atoms with Gasteiger partial charge in [-0.05, 0) is 39.0 Å². The molecule has 2 heterocycles. The van der Waals surface area contributed by atoms with Crippen molar-refractivity contribution < 1.29 is 14.1 Å². The highest BCUT2D eigenvalue weighted by atomic mass is 16.5. The van der Waals surface area contributed by atoms with Crippen LogP contribution in [0.25, 0.3) is 0 Å². The second-order valence-electron chi connectivity index (χ2n) is 7.86. The maximum absolute atomic E-state index is 12.4. The Bertz CT molecular complexity index is 615. The summed E-state index contributed by atoms with van der Waals surface area (Å²) in [5.74, 6) is 1.77. The van der Waals surface area contributed by atoms with E-state index in [2.05, 4.69) is 10.5 Å². The van der Waals surface area contributed by atoms with E-state index in [1.807, 2.05) is 18.7 Å². The van der Waals surface area contributed by atoms with Crippen LogP contribution >= 0.6 is 0 Å². The largest absolute Gasteiger partial charge is 0.361 e. The maximum atomic E-state index is 12.4. The highest BCUT2D eigenvalue weighted by molar-refractivity contribution is 5.82. The fraction of sp³-hybridized carbons (Fsp3) is 0.750. The Kier molecular flexibility index (Phi) is 6.33. The van der Waals surface area contributed by atoms with Crippen molar-refractivity contribution in [3.8, 4) is 0 Å². The van der Waals surface area contributed by atoms with Gasteiger partial charge in [0, 0.05) is 31.6 Å². The van der Waals surface area contributed by atoms with Gasteiger partial charge in [0.1, 0.15) is 5.76 Å². The first-order chi connectivity index (χ1) is 12.5. The zero-order valence-corrected chi connectivity index (χ0v) is 16.1. The Morgan fingerprint density at radius 2 is 2.00 bits per heavy atom. The summed E-state index contributed by atoms with van der Waals surface area (Å²) in [4.78, 5) is 26.7. The zero-order chi connectivity index (χ0) is 18.5. The van der Waals surface area contributed by atoms with Crippen molar-refractivity contribution in [1.82, 2.24) is 15.4 Å². The number of hydrogen-bond donors (Lipinski definition) is 1. The van der Waals surface area contributed by atoms with Crippen LogP contribution in [0.2, 0.25) is 0 Å². The molecule has 1 aliphatic carbocycles. The molecule has 144 valence electrons. The summed E-state index contributed by atoms with van der Waals surface area (Å²) in [6, 6.07) is 0. The van der Waals surface area contributed by atoms with Gasteiger partial charge in [-0.25, -0.2) is 0 Å². The average Bonchev–Trinajstić information content (AvgIpc) is 3.37. The molecule has 0 bridgehead atoms. The third kappa shape index (κ3) is 4.65. The van der Waals surface area contributed by atoms with E-state index < -0.39 is 0 Å². The molecule has 1 saturated heterocycles. The molecular formula is C20H31N3O3. The van der Waals surface area contributed by atoms with E-state index >= 15 is 0 Å². The number of carbonyl (C=O) groups is 2.